The van der Waals surface area contributed by atoms with Crippen molar-refractivity contribution in [1.29, 1.82) is 0 Å². The smallest absolute Gasteiger partial charge is 0.0900 e. The zero-order valence-corrected chi connectivity index (χ0v) is 16.6. The Morgan fingerprint density at radius 1 is 1.24 bits per heavy atom. The molecule has 2 aromatic rings. The SMILES string of the molecule is Cc1nc(C(C)N(C)Cc2cccc(CN3CCOCC3)c2)c(C)s1. The Bertz CT molecular complexity index is 694. The summed E-state index contributed by atoms with van der Waals surface area (Å²) in [7, 11) is 2.19. The topological polar surface area (TPSA) is 28.6 Å². The van der Waals surface area contributed by atoms with Crippen LogP contribution in [-0.4, -0.2) is 48.1 Å². The van der Waals surface area contributed by atoms with E-state index in [-0.39, 0.29) is 0 Å². The molecule has 1 atom stereocenters. The molecule has 0 spiro atoms. The first-order valence-corrected chi connectivity index (χ1v) is 9.86. The van der Waals surface area contributed by atoms with Crippen LogP contribution in [0.1, 0.15) is 39.7 Å². The van der Waals surface area contributed by atoms with Crippen LogP contribution in [0.25, 0.3) is 0 Å². The van der Waals surface area contributed by atoms with Crippen LogP contribution in [-0.2, 0) is 17.8 Å². The first-order valence-electron chi connectivity index (χ1n) is 9.05. The first kappa shape index (κ1) is 18.5. The van der Waals surface area contributed by atoms with Gasteiger partial charge in [-0.2, -0.15) is 0 Å². The second kappa shape index (κ2) is 8.41. The molecule has 1 aromatic carbocycles. The predicted octanol–water partition coefficient (Wildman–Crippen LogP) is 3.79. The summed E-state index contributed by atoms with van der Waals surface area (Å²) in [6, 6.07) is 9.31. The van der Waals surface area contributed by atoms with E-state index >= 15 is 0 Å². The highest BCUT2D eigenvalue weighted by Crippen LogP contribution is 2.27. The van der Waals surface area contributed by atoms with Crippen LogP contribution >= 0.6 is 11.3 Å². The Kier molecular flexibility index (Phi) is 6.23. The van der Waals surface area contributed by atoms with Crippen molar-refractivity contribution in [2.75, 3.05) is 33.4 Å². The van der Waals surface area contributed by atoms with Gasteiger partial charge in [0.1, 0.15) is 0 Å². The van der Waals surface area contributed by atoms with E-state index in [1.54, 1.807) is 11.3 Å². The number of aryl methyl sites for hydroxylation is 2. The van der Waals surface area contributed by atoms with Gasteiger partial charge in [-0.05, 0) is 38.9 Å². The molecule has 0 amide bonds. The summed E-state index contributed by atoms with van der Waals surface area (Å²) in [5, 5.41) is 1.15. The van der Waals surface area contributed by atoms with E-state index in [1.807, 2.05) is 0 Å². The molecular weight excluding hydrogens is 330 g/mol. The lowest BCUT2D eigenvalue weighted by Crippen LogP contribution is -2.35. The monoisotopic (exact) mass is 359 g/mol. The van der Waals surface area contributed by atoms with Gasteiger partial charge in [-0.3, -0.25) is 9.80 Å². The molecule has 0 aliphatic carbocycles. The van der Waals surface area contributed by atoms with E-state index in [0.29, 0.717) is 6.04 Å². The maximum Gasteiger partial charge on any atom is 0.0900 e. The Labute approximate surface area is 155 Å². The van der Waals surface area contributed by atoms with Crippen molar-refractivity contribution < 1.29 is 4.74 Å². The third-order valence-corrected chi connectivity index (χ3v) is 5.83. The minimum absolute atomic E-state index is 0.327. The van der Waals surface area contributed by atoms with E-state index in [2.05, 4.69) is 61.9 Å². The number of rotatable bonds is 6. The van der Waals surface area contributed by atoms with Gasteiger partial charge >= 0.3 is 0 Å². The maximum atomic E-state index is 5.44. The third kappa shape index (κ3) is 4.88. The zero-order valence-electron chi connectivity index (χ0n) is 15.8. The van der Waals surface area contributed by atoms with E-state index in [0.717, 1.165) is 44.4 Å². The van der Waals surface area contributed by atoms with E-state index in [4.69, 9.17) is 9.72 Å². The lowest BCUT2D eigenvalue weighted by Gasteiger charge is -2.27. The molecule has 1 fully saturated rings. The fourth-order valence-electron chi connectivity index (χ4n) is 3.41. The van der Waals surface area contributed by atoms with Gasteiger partial charge in [0.05, 0.1) is 30.0 Å². The number of aromatic nitrogens is 1. The first-order chi connectivity index (χ1) is 12.0. The number of ether oxygens (including phenoxy) is 1. The van der Waals surface area contributed by atoms with E-state index in [9.17, 15) is 0 Å². The molecule has 1 aliphatic rings. The third-order valence-electron chi connectivity index (χ3n) is 4.93. The second-order valence-corrected chi connectivity index (χ2v) is 8.38. The molecule has 1 aliphatic heterocycles. The summed E-state index contributed by atoms with van der Waals surface area (Å²) < 4.78 is 5.44. The molecule has 2 heterocycles. The van der Waals surface area contributed by atoms with Crippen LogP contribution in [0.2, 0.25) is 0 Å². The van der Waals surface area contributed by atoms with Gasteiger partial charge in [0, 0.05) is 31.1 Å². The molecule has 3 rings (SSSR count). The van der Waals surface area contributed by atoms with Crippen LogP contribution in [0.15, 0.2) is 24.3 Å². The van der Waals surface area contributed by atoms with Gasteiger partial charge in [-0.25, -0.2) is 4.98 Å². The molecule has 0 radical (unpaired) electrons. The minimum Gasteiger partial charge on any atom is -0.379 e. The minimum atomic E-state index is 0.327. The Morgan fingerprint density at radius 2 is 1.96 bits per heavy atom. The molecule has 25 heavy (non-hydrogen) atoms. The molecular formula is C20H29N3OS. The second-order valence-electron chi connectivity index (χ2n) is 6.97. The van der Waals surface area contributed by atoms with Gasteiger partial charge in [0.2, 0.25) is 0 Å². The van der Waals surface area contributed by atoms with E-state index < -0.39 is 0 Å². The number of thiazole rings is 1. The van der Waals surface area contributed by atoms with Crippen LogP contribution in [0.3, 0.4) is 0 Å². The Morgan fingerprint density at radius 3 is 2.64 bits per heavy atom. The van der Waals surface area contributed by atoms with Crippen molar-refractivity contribution in [2.45, 2.75) is 39.9 Å². The van der Waals surface area contributed by atoms with Crippen molar-refractivity contribution in [3.05, 3.63) is 51.0 Å². The molecule has 1 unspecified atom stereocenters. The van der Waals surface area contributed by atoms with Crippen LogP contribution in [0.4, 0.5) is 0 Å². The Hall–Kier alpha value is -1.27. The Balaban J connectivity index is 1.63. The maximum absolute atomic E-state index is 5.44. The van der Waals surface area contributed by atoms with Crippen molar-refractivity contribution in [1.82, 2.24) is 14.8 Å². The summed E-state index contributed by atoms with van der Waals surface area (Å²) in [6.45, 7) is 12.2. The number of benzene rings is 1. The van der Waals surface area contributed by atoms with Crippen LogP contribution in [0, 0.1) is 13.8 Å². The quantitative estimate of drug-likeness (QED) is 0.785. The fraction of sp³-hybridized carbons (Fsp3) is 0.550. The summed E-state index contributed by atoms with van der Waals surface area (Å²) in [4.78, 5) is 10.9. The highest BCUT2D eigenvalue weighted by atomic mass is 32.1. The molecule has 0 N–H and O–H groups in total. The van der Waals surface area contributed by atoms with Gasteiger partial charge in [0.15, 0.2) is 0 Å². The molecule has 0 saturated carbocycles. The number of morpholine rings is 1. The van der Waals surface area contributed by atoms with Crippen molar-refractivity contribution in [2.24, 2.45) is 0 Å². The molecule has 1 saturated heterocycles. The normalized spacial score (nSPS) is 17.2. The lowest BCUT2D eigenvalue weighted by molar-refractivity contribution is 0.0342. The van der Waals surface area contributed by atoms with Gasteiger partial charge in [-0.1, -0.05) is 24.3 Å². The fourth-order valence-corrected chi connectivity index (χ4v) is 4.32. The standard InChI is InChI=1S/C20H29N3OS/c1-15(20-16(2)25-17(3)21-20)22(4)13-18-6-5-7-19(12-18)14-23-8-10-24-11-9-23/h5-7,12,15H,8-11,13-14H2,1-4H3. The van der Waals surface area contributed by atoms with Crippen LogP contribution in [0.5, 0.6) is 0 Å². The van der Waals surface area contributed by atoms with Crippen molar-refractivity contribution in [3.8, 4) is 0 Å². The van der Waals surface area contributed by atoms with Gasteiger partial charge in [-0.15, -0.1) is 11.3 Å². The summed E-state index contributed by atoms with van der Waals surface area (Å²) in [5.41, 5.74) is 3.97. The summed E-state index contributed by atoms with van der Waals surface area (Å²) >= 11 is 1.79. The summed E-state index contributed by atoms with van der Waals surface area (Å²) in [6.07, 6.45) is 0. The number of hydrogen-bond donors (Lipinski definition) is 0. The molecule has 136 valence electrons. The largest absolute Gasteiger partial charge is 0.379 e. The molecule has 4 nitrogen and oxygen atoms in total. The van der Waals surface area contributed by atoms with Crippen LogP contribution < -0.4 is 0 Å². The van der Waals surface area contributed by atoms with Crippen molar-refractivity contribution in [3.63, 3.8) is 0 Å². The van der Waals surface area contributed by atoms with Gasteiger partial charge in [0.25, 0.3) is 0 Å². The average Bonchev–Trinajstić information content (AvgIpc) is 2.93. The van der Waals surface area contributed by atoms with Gasteiger partial charge < -0.3 is 4.74 Å². The number of hydrogen-bond acceptors (Lipinski definition) is 5. The zero-order chi connectivity index (χ0) is 17.8. The predicted molar refractivity (Wildman–Crippen MR) is 104 cm³/mol. The van der Waals surface area contributed by atoms with Crippen molar-refractivity contribution >= 4 is 11.3 Å². The summed E-state index contributed by atoms with van der Waals surface area (Å²) in [5.74, 6) is 0. The number of nitrogens with zero attached hydrogens (tertiary/aromatic N) is 3. The lowest BCUT2D eigenvalue weighted by atomic mass is 10.1. The highest BCUT2D eigenvalue weighted by Gasteiger charge is 2.18. The molecule has 5 heteroatoms. The molecule has 0 bridgehead atoms. The average molecular weight is 360 g/mol. The van der Waals surface area contributed by atoms with E-state index in [1.165, 1.54) is 21.7 Å². The molecule has 1 aromatic heterocycles. The highest BCUT2D eigenvalue weighted by molar-refractivity contribution is 7.11.